The molecule has 3 nitrogen and oxygen atoms in total. The van der Waals surface area contributed by atoms with Crippen molar-refractivity contribution in [2.45, 2.75) is 24.7 Å². The van der Waals surface area contributed by atoms with E-state index in [1.54, 1.807) is 19.2 Å². The summed E-state index contributed by atoms with van der Waals surface area (Å²) in [6.45, 7) is 1.98. The molecule has 0 bridgehead atoms. The molecule has 0 aromatic heterocycles. The lowest BCUT2D eigenvalue weighted by Crippen LogP contribution is -1.98. The molecule has 0 saturated carbocycles. The standard InChI is InChI=1S/C16H18O3S2/c1-12-3-10-16(21(17,18)20)11-14(12)7-4-13-5-8-15(19-2)9-6-13/h3,5-6,8-11H,4,7H2,1-2H3,(H,17,18,20). The molecule has 0 fully saturated rings. The van der Waals surface area contributed by atoms with Gasteiger partial charge in [0.25, 0.3) is 0 Å². The second-order valence-electron chi connectivity index (χ2n) is 4.91. The summed E-state index contributed by atoms with van der Waals surface area (Å²) in [6, 6.07) is 13.0. The van der Waals surface area contributed by atoms with Crippen molar-refractivity contribution in [1.82, 2.24) is 0 Å². The lowest BCUT2D eigenvalue weighted by molar-refractivity contribution is 0.414. The second-order valence-corrected chi connectivity index (χ2v) is 7.78. The van der Waals surface area contributed by atoms with Crippen LogP contribution < -0.4 is 4.74 Å². The number of benzene rings is 2. The maximum absolute atomic E-state index is 11.5. The van der Waals surface area contributed by atoms with Crippen molar-refractivity contribution >= 4 is 20.5 Å². The van der Waals surface area contributed by atoms with Crippen LogP contribution in [-0.2, 0) is 21.7 Å². The van der Waals surface area contributed by atoms with Gasteiger partial charge < -0.3 is 4.74 Å². The first-order valence-electron chi connectivity index (χ1n) is 6.60. The summed E-state index contributed by atoms with van der Waals surface area (Å²) in [4.78, 5) is 0.251. The Balaban J connectivity index is 2.15. The van der Waals surface area contributed by atoms with Gasteiger partial charge in [0.1, 0.15) is 5.75 Å². The molecule has 0 aliphatic carbocycles. The van der Waals surface area contributed by atoms with Crippen molar-refractivity contribution < 1.29 is 13.2 Å². The molecule has 0 radical (unpaired) electrons. The number of hydrogen-bond acceptors (Lipinski definition) is 3. The highest BCUT2D eigenvalue weighted by Crippen LogP contribution is 2.20. The quantitative estimate of drug-likeness (QED) is 0.678. The van der Waals surface area contributed by atoms with Gasteiger partial charge in [-0.3, -0.25) is 0 Å². The van der Waals surface area contributed by atoms with Crippen molar-refractivity contribution in [2.24, 2.45) is 0 Å². The highest BCUT2D eigenvalue weighted by atomic mass is 33.1. The predicted molar refractivity (Wildman–Crippen MR) is 87.8 cm³/mol. The van der Waals surface area contributed by atoms with Gasteiger partial charge in [-0.15, -0.1) is 0 Å². The fraction of sp³-hybridized carbons (Fsp3) is 0.250. The van der Waals surface area contributed by atoms with E-state index < -0.39 is 8.87 Å². The van der Waals surface area contributed by atoms with Gasteiger partial charge in [-0.2, -0.15) is 0 Å². The topological polar surface area (TPSA) is 43.4 Å². The third kappa shape index (κ3) is 4.25. The summed E-state index contributed by atoms with van der Waals surface area (Å²) in [5, 5.41) is 0. The van der Waals surface area contributed by atoms with Crippen molar-refractivity contribution in [3.8, 4) is 5.75 Å². The Labute approximate surface area is 130 Å². The zero-order valence-corrected chi connectivity index (χ0v) is 13.7. The number of rotatable bonds is 5. The smallest absolute Gasteiger partial charge is 0.227 e. The van der Waals surface area contributed by atoms with Crippen LogP contribution in [0.2, 0.25) is 0 Å². The van der Waals surface area contributed by atoms with Crippen LogP contribution in [0.1, 0.15) is 16.7 Å². The van der Waals surface area contributed by atoms with Gasteiger partial charge in [0.15, 0.2) is 0 Å². The Morgan fingerprint density at radius 3 is 2.29 bits per heavy atom. The van der Waals surface area contributed by atoms with Crippen molar-refractivity contribution in [3.63, 3.8) is 0 Å². The van der Waals surface area contributed by atoms with Gasteiger partial charge in [0.05, 0.1) is 12.0 Å². The minimum atomic E-state index is -3.46. The normalized spacial score (nSPS) is 11.4. The minimum Gasteiger partial charge on any atom is -0.497 e. The number of thiol groups is 1. The highest BCUT2D eigenvalue weighted by molar-refractivity contribution is 8.63. The van der Waals surface area contributed by atoms with Gasteiger partial charge in [0.2, 0.25) is 8.87 Å². The molecule has 0 atom stereocenters. The lowest BCUT2D eigenvalue weighted by atomic mass is 10.0. The Morgan fingerprint density at radius 2 is 1.71 bits per heavy atom. The van der Waals surface area contributed by atoms with Gasteiger partial charge in [-0.05, 0) is 72.4 Å². The first kappa shape index (κ1) is 15.9. The molecule has 0 spiro atoms. The molecule has 0 unspecified atom stereocenters. The van der Waals surface area contributed by atoms with Crippen LogP contribution in [-0.4, -0.2) is 15.5 Å². The van der Waals surface area contributed by atoms with Gasteiger partial charge in [0, 0.05) is 0 Å². The van der Waals surface area contributed by atoms with E-state index in [9.17, 15) is 8.42 Å². The van der Waals surface area contributed by atoms with Crippen LogP contribution in [0, 0.1) is 6.92 Å². The van der Waals surface area contributed by atoms with E-state index >= 15 is 0 Å². The molecule has 2 aromatic carbocycles. The van der Waals surface area contributed by atoms with Crippen molar-refractivity contribution in [1.29, 1.82) is 0 Å². The number of ether oxygens (including phenoxy) is 1. The molecule has 21 heavy (non-hydrogen) atoms. The van der Waals surface area contributed by atoms with E-state index in [4.69, 9.17) is 4.74 Å². The van der Waals surface area contributed by atoms with Crippen LogP contribution in [0.3, 0.4) is 0 Å². The molecule has 2 rings (SSSR count). The molecule has 112 valence electrons. The van der Waals surface area contributed by atoms with Gasteiger partial charge >= 0.3 is 0 Å². The maximum Gasteiger partial charge on any atom is 0.227 e. The average Bonchev–Trinajstić information content (AvgIpc) is 2.45. The summed E-state index contributed by atoms with van der Waals surface area (Å²) in [6.07, 6.45) is 1.64. The first-order chi connectivity index (χ1) is 9.90. The first-order valence-corrected chi connectivity index (χ1v) is 9.13. The second kappa shape index (κ2) is 6.54. The zero-order chi connectivity index (χ0) is 15.5. The molecule has 5 heteroatoms. The van der Waals surface area contributed by atoms with E-state index in [0.29, 0.717) is 0 Å². The Hall–Kier alpha value is -1.46. The number of aryl methyl sites for hydroxylation is 3. The van der Waals surface area contributed by atoms with E-state index in [2.05, 4.69) is 11.7 Å². The van der Waals surface area contributed by atoms with Crippen molar-refractivity contribution in [3.05, 3.63) is 59.2 Å². The van der Waals surface area contributed by atoms with E-state index in [1.165, 1.54) is 5.56 Å². The van der Waals surface area contributed by atoms with Crippen LogP contribution in [0.4, 0.5) is 0 Å². The minimum absolute atomic E-state index is 0.251. The lowest BCUT2D eigenvalue weighted by Gasteiger charge is -2.08. The summed E-state index contributed by atoms with van der Waals surface area (Å²) >= 11 is 3.64. The Morgan fingerprint density at radius 1 is 1.05 bits per heavy atom. The molecule has 0 heterocycles. The summed E-state index contributed by atoms with van der Waals surface area (Å²) in [5.41, 5.74) is 3.31. The average molecular weight is 322 g/mol. The molecule has 0 saturated heterocycles. The third-order valence-electron chi connectivity index (χ3n) is 3.46. The monoisotopic (exact) mass is 322 g/mol. The predicted octanol–water partition coefficient (Wildman–Crippen LogP) is 3.41. The molecule has 0 aliphatic heterocycles. The SMILES string of the molecule is COc1ccc(CCc2cc(S(=O)(=O)S)ccc2C)cc1. The fourth-order valence-electron chi connectivity index (χ4n) is 2.15. The Bertz CT molecular complexity index is 720. The van der Waals surface area contributed by atoms with Crippen molar-refractivity contribution in [2.75, 3.05) is 7.11 Å². The highest BCUT2D eigenvalue weighted by Gasteiger charge is 2.10. The summed E-state index contributed by atoms with van der Waals surface area (Å²) in [5.74, 6) is 0.832. The maximum atomic E-state index is 11.5. The molecule has 0 amide bonds. The largest absolute Gasteiger partial charge is 0.497 e. The molecule has 2 aromatic rings. The molecule has 0 aliphatic rings. The Kier molecular flexibility index (Phi) is 4.96. The molecular weight excluding hydrogens is 304 g/mol. The van der Waals surface area contributed by atoms with Crippen LogP contribution >= 0.6 is 11.7 Å². The van der Waals surface area contributed by atoms with Crippen LogP contribution in [0.15, 0.2) is 47.4 Å². The zero-order valence-electron chi connectivity index (χ0n) is 12.0. The summed E-state index contributed by atoms with van der Waals surface area (Å²) in [7, 11) is -1.82. The summed E-state index contributed by atoms with van der Waals surface area (Å²) < 4.78 is 28.1. The fourth-order valence-corrected chi connectivity index (χ4v) is 3.02. The van der Waals surface area contributed by atoms with Gasteiger partial charge in [-0.25, -0.2) is 8.42 Å². The number of hydrogen-bond donors (Lipinski definition) is 1. The number of methoxy groups -OCH3 is 1. The van der Waals surface area contributed by atoms with Gasteiger partial charge in [-0.1, -0.05) is 18.2 Å². The van der Waals surface area contributed by atoms with E-state index in [-0.39, 0.29) is 4.90 Å². The third-order valence-corrected chi connectivity index (χ3v) is 4.94. The molecular formula is C16H18O3S2. The van der Waals surface area contributed by atoms with Crippen LogP contribution in [0.25, 0.3) is 0 Å². The van der Waals surface area contributed by atoms with Crippen LogP contribution in [0.5, 0.6) is 5.75 Å². The molecule has 0 N–H and O–H groups in total. The van der Waals surface area contributed by atoms with E-state index in [1.807, 2.05) is 37.3 Å². The van der Waals surface area contributed by atoms with E-state index in [0.717, 1.165) is 29.7 Å².